The van der Waals surface area contributed by atoms with E-state index in [0.29, 0.717) is 71.0 Å². The number of sulfone groups is 1. The molecule has 0 bridgehead atoms. The number of aromatic nitrogens is 4. The summed E-state index contributed by atoms with van der Waals surface area (Å²) in [5, 5.41) is 7.31. The van der Waals surface area contributed by atoms with Crippen molar-refractivity contribution in [3.63, 3.8) is 0 Å². The molecule has 2 N–H and O–H groups in total. The van der Waals surface area contributed by atoms with E-state index in [2.05, 4.69) is 20.4 Å². The van der Waals surface area contributed by atoms with E-state index in [1.165, 1.54) is 22.6 Å². The Bertz CT molecular complexity index is 2400. The topological polar surface area (TPSA) is 179 Å². The van der Waals surface area contributed by atoms with Gasteiger partial charge in [0, 0.05) is 66.5 Å². The Hall–Kier alpha value is -5.58. The van der Waals surface area contributed by atoms with Gasteiger partial charge in [0.1, 0.15) is 17.3 Å². The molecule has 1 aromatic carbocycles. The lowest BCUT2D eigenvalue weighted by molar-refractivity contribution is -0.144. The van der Waals surface area contributed by atoms with Crippen molar-refractivity contribution in [3.8, 4) is 17.0 Å². The molecule has 4 aromatic heterocycles. The second kappa shape index (κ2) is 15.4. The van der Waals surface area contributed by atoms with Gasteiger partial charge >= 0.3 is 5.97 Å². The van der Waals surface area contributed by atoms with Crippen molar-refractivity contribution in [3.05, 3.63) is 87.3 Å². The van der Waals surface area contributed by atoms with Crippen LogP contribution in [0.2, 0.25) is 0 Å². The highest BCUT2D eigenvalue weighted by Gasteiger charge is 2.31. The highest BCUT2D eigenvalue weighted by molar-refractivity contribution is 7.89. The maximum absolute atomic E-state index is 15.4. The molecule has 0 saturated carbocycles. The van der Waals surface area contributed by atoms with Crippen LogP contribution in [-0.4, -0.2) is 66.5 Å². The van der Waals surface area contributed by atoms with Gasteiger partial charge in [0.15, 0.2) is 27.2 Å². The second-order valence-electron chi connectivity index (χ2n) is 13.6. The minimum atomic E-state index is -3.65. The Morgan fingerprint density at radius 2 is 1.89 bits per heavy atom. The lowest BCUT2D eigenvalue weighted by Crippen LogP contribution is -2.27. The van der Waals surface area contributed by atoms with Crippen LogP contribution in [0.4, 0.5) is 20.3 Å². The zero-order valence-electron chi connectivity index (χ0n) is 30.4. The van der Waals surface area contributed by atoms with Gasteiger partial charge < -0.3 is 33.8 Å². The molecule has 1 aliphatic heterocycles. The molecule has 1 amide bonds. The molecule has 5 aromatic rings. The Morgan fingerprint density at radius 3 is 2.59 bits per heavy atom. The Balaban J connectivity index is 1.23. The second-order valence-corrected chi connectivity index (χ2v) is 15.8. The van der Waals surface area contributed by atoms with Crippen molar-refractivity contribution in [2.45, 2.75) is 51.3 Å². The number of amides is 1. The number of pyridine rings is 2. The van der Waals surface area contributed by atoms with Gasteiger partial charge in [0.2, 0.25) is 0 Å². The molecule has 0 fully saturated rings. The highest BCUT2D eigenvalue weighted by atomic mass is 32.2. The number of ether oxygens (including phenoxy) is 2. The van der Waals surface area contributed by atoms with Gasteiger partial charge in [-0.25, -0.2) is 22.2 Å². The molecule has 0 spiro atoms. The van der Waals surface area contributed by atoms with Crippen molar-refractivity contribution in [2.24, 2.45) is 13.0 Å². The molecule has 14 nitrogen and oxygen atoms in total. The quantitative estimate of drug-likeness (QED) is 0.111. The number of esters is 1. The Morgan fingerprint density at radius 1 is 1.11 bits per heavy atom. The zero-order valence-corrected chi connectivity index (χ0v) is 31.2. The molecule has 5 heterocycles. The number of hydrogen-bond donors (Lipinski definition) is 2. The minimum absolute atomic E-state index is 0.00346. The first-order valence-corrected chi connectivity index (χ1v) is 19.3. The number of rotatable bonds is 14. The van der Waals surface area contributed by atoms with E-state index in [9.17, 15) is 27.2 Å². The van der Waals surface area contributed by atoms with Crippen molar-refractivity contribution < 1.29 is 40.8 Å². The van der Waals surface area contributed by atoms with E-state index in [-0.39, 0.29) is 47.4 Å². The average molecular weight is 767 g/mol. The number of benzene rings is 1. The molecule has 0 radical (unpaired) electrons. The number of hydrogen-bond acceptors (Lipinski definition) is 11. The maximum Gasteiger partial charge on any atom is 0.316 e. The van der Waals surface area contributed by atoms with Crippen LogP contribution in [0, 0.1) is 17.6 Å². The lowest BCUT2D eigenvalue weighted by atomic mass is 9.93. The third-order valence-corrected chi connectivity index (χ3v) is 10.1. The first kappa shape index (κ1) is 38.2. The third-order valence-electron chi connectivity index (χ3n) is 9.22. The van der Waals surface area contributed by atoms with Crippen LogP contribution in [0.1, 0.15) is 66.3 Å². The molecule has 0 saturated heterocycles. The molecule has 6 rings (SSSR count). The summed E-state index contributed by atoms with van der Waals surface area (Å²) in [4.78, 5) is 47.5. The van der Waals surface area contributed by atoms with E-state index in [0.717, 1.165) is 12.5 Å². The van der Waals surface area contributed by atoms with Crippen molar-refractivity contribution in [1.29, 1.82) is 0 Å². The van der Waals surface area contributed by atoms with E-state index >= 15 is 4.39 Å². The van der Waals surface area contributed by atoms with Crippen LogP contribution in [-0.2, 0) is 38.7 Å². The van der Waals surface area contributed by atoms with Crippen LogP contribution < -0.4 is 20.5 Å². The average Bonchev–Trinajstić information content (AvgIpc) is 3.72. The molecule has 1 aliphatic rings. The number of unbranched alkanes of at least 4 members (excludes halogenated alkanes) is 2. The number of carbonyl (C=O) groups excluding carboxylic acids is 2. The summed E-state index contributed by atoms with van der Waals surface area (Å²) in [6.07, 6.45) is 7.01. The molecule has 286 valence electrons. The molecular formula is C37H40F2N6O8S. The van der Waals surface area contributed by atoms with Crippen molar-refractivity contribution in [2.75, 3.05) is 31.4 Å². The number of anilines is 2. The third kappa shape index (κ3) is 7.85. The van der Waals surface area contributed by atoms with Gasteiger partial charge in [-0.3, -0.25) is 14.4 Å². The van der Waals surface area contributed by atoms with E-state index in [1.54, 1.807) is 31.6 Å². The van der Waals surface area contributed by atoms with Crippen molar-refractivity contribution >= 4 is 44.1 Å². The summed E-state index contributed by atoms with van der Waals surface area (Å²) < 4.78 is 72.0. The minimum Gasteiger partial charge on any atom is -0.476 e. The van der Waals surface area contributed by atoms with Gasteiger partial charge in [-0.2, -0.15) is 0 Å². The molecule has 0 aliphatic carbocycles. The van der Waals surface area contributed by atoms with Gasteiger partial charge in [-0.05, 0) is 53.6 Å². The number of halogens is 2. The summed E-state index contributed by atoms with van der Waals surface area (Å²) in [5.74, 6) is -3.59. The number of fused-ring (bicyclic) bond motifs is 2. The molecule has 17 heteroatoms. The standard InChI is InChI=1S/C37H40F2N6O8S/c1-20(2)31(37(48)51-4)29-14-30(43-53-29)52-10-8-6-7-9-40-35(46)24-13-28-25(11-21(24)19-54(5,49)50)26-18-44(3)36(47)33-32(26)22(15-41-33)17-45(28)34-27(39)12-23(38)16-42-34/h11-16,18,20,31,41H,6-10,17,19H2,1-5H3,(H,40,46). The first-order valence-electron chi connectivity index (χ1n) is 17.3. The number of nitrogens with zero attached hydrogens (tertiary/aromatic N) is 4. The van der Waals surface area contributed by atoms with Gasteiger partial charge in [-0.15, -0.1) is 0 Å². The highest BCUT2D eigenvalue weighted by Crippen LogP contribution is 2.45. The van der Waals surface area contributed by atoms with Crippen LogP contribution in [0.3, 0.4) is 0 Å². The van der Waals surface area contributed by atoms with Gasteiger partial charge in [0.25, 0.3) is 17.3 Å². The number of aromatic amines is 1. The fourth-order valence-corrected chi connectivity index (χ4v) is 7.51. The summed E-state index contributed by atoms with van der Waals surface area (Å²) in [6, 6.07) is 5.33. The summed E-state index contributed by atoms with van der Waals surface area (Å²) in [5.41, 5.74) is 2.16. The largest absolute Gasteiger partial charge is 0.476 e. The lowest BCUT2D eigenvalue weighted by Gasteiger charge is -2.26. The predicted molar refractivity (Wildman–Crippen MR) is 195 cm³/mol. The number of methoxy groups -OCH3 is 1. The number of carbonyl (C=O) groups is 2. The van der Waals surface area contributed by atoms with E-state index < -0.39 is 45.0 Å². The molecule has 1 unspecified atom stereocenters. The zero-order chi connectivity index (χ0) is 38.9. The maximum atomic E-state index is 15.4. The summed E-state index contributed by atoms with van der Waals surface area (Å²) in [6.45, 7) is 4.29. The van der Waals surface area contributed by atoms with Crippen LogP contribution in [0.15, 0.2) is 52.2 Å². The summed E-state index contributed by atoms with van der Waals surface area (Å²) >= 11 is 0. The SMILES string of the molecule is COC(=O)C(c1cc(OCCCCCNC(=O)c2cc3c(cc2CS(C)(=O)=O)-c2cn(C)c(=O)c4[nH]cc(c24)CN3c2ncc(F)cc2F)no1)C(C)C. The normalized spacial score (nSPS) is 13.1. The number of aryl methyl sites for hydroxylation is 1. The summed E-state index contributed by atoms with van der Waals surface area (Å²) in [7, 11) is -0.765. The van der Waals surface area contributed by atoms with Crippen LogP contribution in [0.5, 0.6) is 5.88 Å². The van der Waals surface area contributed by atoms with Crippen molar-refractivity contribution in [1.82, 2.24) is 25.0 Å². The Kier molecular flexibility index (Phi) is 10.9. The van der Waals surface area contributed by atoms with Gasteiger partial charge in [-0.1, -0.05) is 13.8 Å². The fourth-order valence-electron chi connectivity index (χ4n) is 6.71. The molecule has 54 heavy (non-hydrogen) atoms. The monoisotopic (exact) mass is 766 g/mol. The molecular weight excluding hydrogens is 727 g/mol. The smallest absolute Gasteiger partial charge is 0.316 e. The van der Waals surface area contributed by atoms with Crippen LogP contribution >= 0.6 is 0 Å². The number of H-pyrrole nitrogens is 1. The predicted octanol–water partition coefficient (Wildman–Crippen LogP) is 5.28. The fraction of sp³-hybridized carbons (Fsp3) is 0.378. The van der Waals surface area contributed by atoms with Gasteiger partial charge in [0.05, 0.1) is 37.9 Å². The first-order chi connectivity index (χ1) is 25.7. The number of nitrogens with one attached hydrogen (secondary N) is 2. The Labute approximate surface area is 309 Å². The van der Waals surface area contributed by atoms with Crippen LogP contribution in [0.25, 0.3) is 22.0 Å². The van der Waals surface area contributed by atoms with E-state index in [1.807, 2.05) is 13.8 Å². The van der Waals surface area contributed by atoms with E-state index in [4.69, 9.17) is 14.0 Å². The molecule has 1 atom stereocenters.